The SMILES string of the molecule is CN(Cc1ccc(Br)cc1)C(=O)CN1CCCS1(=O)=O. The molecular formula is C13H17BrN2O3S. The third kappa shape index (κ3) is 3.80. The minimum absolute atomic E-state index is 0.0602. The maximum atomic E-state index is 12.1. The minimum atomic E-state index is -3.21. The smallest absolute Gasteiger partial charge is 0.237 e. The average Bonchev–Trinajstić information content (AvgIpc) is 2.71. The van der Waals surface area contributed by atoms with Crippen LogP contribution in [0.3, 0.4) is 0 Å². The highest BCUT2D eigenvalue weighted by molar-refractivity contribution is 9.10. The Morgan fingerprint density at radius 2 is 2.00 bits per heavy atom. The molecule has 1 aliphatic heterocycles. The quantitative estimate of drug-likeness (QED) is 0.816. The van der Waals surface area contributed by atoms with Gasteiger partial charge in [0.1, 0.15) is 0 Å². The van der Waals surface area contributed by atoms with E-state index < -0.39 is 10.0 Å². The Balaban J connectivity index is 1.94. The molecule has 1 amide bonds. The fraction of sp³-hybridized carbons (Fsp3) is 0.462. The zero-order valence-corrected chi connectivity index (χ0v) is 13.7. The molecule has 1 aliphatic rings. The van der Waals surface area contributed by atoms with Crippen molar-refractivity contribution in [2.75, 3.05) is 25.9 Å². The van der Waals surface area contributed by atoms with Crippen LogP contribution in [0.5, 0.6) is 0 Å². The van der Waals surface area contributed by atoms with Crippen LogP contribution in [-0.2, 0) is 21.4 Å². The van der Waals surface area contributed by atoms with E-state index in [1.807, 2.05) is 24.3 Å². The van der Waals surface area contributed by atoms with Crippen molar-refractivity contribution in [2.45, 2.75) is 13.0 Å². The minimum Gasteiger partial charge on any atom is -0.340 e. The summed E-state index contributed by atoms with van der Waals surface area (Å²) in [5, 5.41) is 0. The van der Waals surface area contributed by atoms with Crippen molar-refractivity contribution < 1.29 is 13.2 Å². The molecule has 20 heavy (non-hydrogen) atoms. The molecule has 0 radical (unpaired) electrons. The first-order valence-corrected chi connectivity index (χ1v) is 8.75. The highest BCUT2D eigenvalue weighted by Crippen LogP contribution is 2.14. The number of carbonyl (C=O) groups is 1. The monoisotopic (exact) mass is 360 g/mol. The third-order valence-electron chi connectivity index (χ3n) is 3.27. The lowest BCUT2D eigenvalue weighted by Crippen LogP contribution is -2.38. The summed E-state index contributed by atoms with van der Waals surface area (Å²) in [5.74, 6) is -0.0325. The molecular weight excluding hydrogens is 344 g/mol. The third-order valence-corrected chi connectivity index (χ3v) is 5.71. The average molecular weight is 361 g/mol. The Morgan fingerprint density at radius 3 is 2.55 bits per heavy atom. The number of sulfonamides is 1. The van der Waals surface area contributed by atoms with Gasteiger partial charge in [0, 0.05) is 24.6 Å². The lowest BCUT2D eigenvalue weighted by Gasteiger charge is -2.21. The number of nitrogens with zero attached hydrogens (tertiary/aromatic N) is 2. The van der Waals surface area contributed by atoms with Crippen molar-refractivity contribution in [1.29, 1.82) is 0 Å². The first-order valence-electron chi connectivity index (χ1n) is 6.35. The van der Waals surface area contributed by atoms with Crippen LogP contribution in [0.25, 0.3) is 0 Å². The van der Waals surface area contributed by atoms with E-state index in [0.29, 0.717) is 19.5 Å². The summed E-state index contributed by atoms with van der Waals surface area (Å²) in [7, 11) is -1.53. The number of amides is 1. The normalized spacial score (nSPS) is 18.1. The van der Waals surface area contributed by atoms with Gasteiger partial charge in [-0.25, -0.2) is 8.42 Å². The zero-order valence-electron chi connectivity index (χ0n) is 11.3. The first-order chi connectivity index (χ1) is 9.38. The van der Waals surface area contributed by atoms with Gasteiger partial charge in [-0.3, -0.25) is 4.79 Å². The van der Waals surface area contributed by atoms with E-state index >= 15 is 0 Å². The van der Waals surface area contributed by atoms with Gasteiger partial charge in [0.15, 0.2) is 0 Å². The largest absolute Gasteiger partial charge is 0.340 e. The van der Waals surface area contributed by atoms with Crippen LogP contribution in [0.2, 0.25) is 0 Å². The molecule has 1 heterocycles. The van der Waals surface area contributed by atoms with E-state index in [1.165, 1.54) is 4.31 Å². The van der Waals surface area contributed by atoms with Crippen LogP contribution in [-0.4, -0.2) is 49.4 Å². The molecule has 0 aliphatic carbocycles. The lowest BCUT2D eigenvalue weighted by molar-refractivity contribution is -0.130. The summed E-state index contributed by atoms with van der Waals surface area (Å²) in [6, 6.07) is 7.69. The Kier molecular flexibility index (Phi) is 4.82. The topological polar surface area (TPSA) is 57.7 Å². The number of halogens is 1. The van der Waals surface area contributed by atoms with Gasteiger partial charge in [0.25, 0.3) is 0 Å². The summed E-state index contributed by atoms with van der Waals surface area (Å²) >= 11 is 3.36. The highest BCUT2D eigenvalue weighted by Gasteiger charge is 2.30. The van der Waals surface area contributed by atoms with Gasteiger partial charge < -0.3 is 4.90 Å². The molecule has 0 atom stereocenters. The van der Waals surface area contributed by atoms with Crippen molar-refractivity contribution in [3.05, 3.63) is 34.3 Å². The molecule has 0 bridgehead atoms. The van der Waals surface area contributed by atoms with Crippen LogP contribution >= 0.6 is 15.9 Å². The Bertz CT molecular complexity index is 586. The molecule has 2 rings (SSSR count). The Hall–Kier alpha value is -0.920. The van der Waals surface area contributed by atoms with Crippen LogP contribution < -0.4 is 0 Å². The predicted molar refractivity (Wildman–Crippen MR) is 80.6 cm³/mol. The molecule has 110 valence electrons. The van der Waals surface area contributed by atoms with Gasteiger partial charge >= 0.3 is 0 Å². The fourth-order valence-electron chi connectivity index (χ4n) is 2.09. The van der Waals surface area contributed by atoms with Crippen molar-refractivity contribution in [3.8, 4) is 0 Å². The number of likely N-dealkylation sites (N-methyl/N-ethyl adjacent to an activating group) is 1. The first kappa shape index (κ1) is 15.5. The zero-order chi connectivity index (χ0) is 14.8. The lowest BCUT2D eigenvalue weighted by atomic mass is 10.2. The summed E-state index contributed by atoms with van der Waals surface area (Å²) in [6.45, 7) is 0.857. The van der Waals surface area contributed by atoms with Gasteiger partial charge in [0.2, 0.25) is 15.9 Å². The molecule has 1 aromatic carbocycles. The summed E-state index contributed by atoms with van der Waals surface area (Å²) in [4.78, 5) is 13.6. The predicted octanol–water partition coefficient (Wildman–Crippen LogP) is 1.44. The fourth-order valence-corrected chi connectivity index (χ4v) is 3.82. The van der Waals surface area contributed by atoms with E-state index in [9.17, 15) is 13.2 Å². The number of hydrogen-bond acceptors (Lipinski definition) is 3. The van der Waals surface area contributed by atoms with Gasteiger partial charge in [-0.05, 0) is 24.1 Å². The molecule has 0 N–H and O–H groups in total. The highest BCUT2D eigenvalue weighted by atomic mass is 79.9. The van der Waals surface area contributed by atoms with E-state index in [1.54, 1.807) is 11.9 Å². The van der Waals surface area contributed by atoms with E-state index in [4.69, 9.17) is 0 Å². The second kappa shape index (κ2) is 6.24. The van der Waals surface area contributed by atoms with Crippen LogP contribution in [0.15, 0.2) is 28.7 Å². The number of benzene rings is 1. The molecule has 5 nitrogen and oxygen atoms in total. The summed E-state index contributed by atoms with van der Waals surface area (Å²) in [6.07, 6.45) is 0.603. The standard InChI is InChI=1S/C13H17BrN2O3S/c1-15(9-11-3-5-12(14)6-4-11)13(17)10-16-7-2-8-20(16,18)19/h3-6H,2,7-10H2,1H3. The Labute approximate surface area is 127 Å². The molecule has 1 aromatic rings. The number of carbonyl (C=O) groups excluding carboxylic acids is 1. The summed E-state index contributed by atoms with van der Waals surface area (Å²) < 4.78 is 25.6. The van der Waals surface area contributed by atoms with Gasteiger partial charge in [-0.15, -0.1) is 0 Å². The summed E-state index contributed by atoms with van der Waals surface area (Å²) in [5.41, 5.74) is 1.01. The van der Waals surface area contributed by atoms with E-state index in [2.05, 4.69) is 15.9 Å². The molecule has 1 saturated heterocycles. The second-order valence-corrected chi connectivity index (χ2v) is 7.88. The number of rotatable bonds is 4. The van der Waals surface area contributed by atoms with Crippen LogP contribution in [0, 0.1) is 0 Å². The molecule has 0 saturated carbocycles. The van der Waals surface area contributed by atoms with Crippen molar-refractivity contribution in [1.82, 2.24) is 9.21 Å². The molecule has 7 heteroatoms. The van der Waals surface area contributed by atoms with Crippen molar-refractivity contribution in [3.63, 3.8) is 0 Å². The van der Waals surface area contributed by atoms with Gasteiger partial charge in [-0.2, -0.15) is 4.31 Å². The van der Waals surface area contributed by atoms with Gasteiger partial charge in [0.05, 0.1) is 12.3 Å². The Morgan fingerprint density at radius 1 is 1.35 bits per heavy atom. The van der Waals surface area contributed by atoms with E-state index in [0.717, 1.165) is 10.0 Å². The van der Waals surface area contributed by atoms with Crippen LogP contribution in [0.4, 0.5) is 0 Å². The molecule has 0 unspecified atom stereocenters. The van der Waals surface area contributed by atoms with Crippen molar-refractivity contribution in [2.24, 2.45) is 0 Å². The maximum absolute atomic E-state index is 12.1. The molecule has 0 aromatic heterocycles. The van der Waals surface area contributed by atoms with Gasteiger partial charge in [-0.1, -0.05) is 28.1 Å². The second-order valence-electron chi connectivity index (χ2n) is 4.88. The maximum Gasteiger partial charge on any atom is 0.237 e. The number of hydrogen-bond donors (Lipinski definition) is 0. The van der Waals surface area contributed by atoms with Crippen molar-refractivity contribution >= 4 is 31.9 Å². The van der Waals surface area contributed by atoms with Crippen LogP contribution in [0.1, 0.15) is 12.0 Å². The molecule has 1 fully saturated rings. The molecule has 0 spiro atoms. The van der Waals surface area contributed by atoms with E-state index in [-0.39, 0.29) is 18.2 Å².